The molecule has 0 bridgehead atoms. The number of unbranched alkanes of at least 4 members (excludes halogenated alkanes) is 1. The molecule has 0 unspecified atom stereocenters. The summed E-state index contributed by atoms with van der Waals surface area (Å²) in [5, 5.41) is 2.84. The Morgan fingerprint density at radius 1 is 1.10 bits per heavy atom. The van der Waals surface area contributed by atoms with E-state index in [0.29, 0.717) is 31.0 Å². The lowest BCUT2D eigenvalue weighted by atomic mass is 10.0. The molecule has 29 heavy (non-hydrogen) atoms. The Morgan fingerprint density at radius 2 is 1.86 bits per heavy atom. The molecular weight excluding hydrogens is 370 g/mol. The van der Waals surface area contributed by atoms with E-state index in [2.05, 4.69) is 5.32 Å². The second kappa shape index (κ2) is 9.41. The van der Waals surface area contributed by atoms with Crippen LogP contribution >= 0.6 is 0 Å². The number of nitrogens with zero attached hydrogens (tertiary/aromatic N) is 2. The highest BCUT2D eigenvalue weighted by atomic mass is 16.3. The molecule has 0 aliphatic carbocycles. The van der Waals surface area contributed by atoms with E-state index in [1.807, 2.05) is 38.1 Å². The summed E-state index contributed by atoms with van der Waals surface area (Å²) in [6.45, 7) is 5.41. The van der Waals surface area contributed by atoms with Gasteiger partial charge in [0.2, 0.25) is 5.91 Å². The van der Waals surface area contributed by atoms with Crippen LogP contribution in [0.5, 0.6) is 0 Å². The van der Waals surface area contributed by atoms with Gasteiger partial charge in [0.15, 0.2) is 0 Å². The fourth-order valence-electron chi connectivity index (χ4n) is 3.46. The topological polar surface area (TPSA) is 82.9 Å². The Hall–Kier alpha value is -3.09. The summed E-state index contributed by atoms with van der Waals surface area (Å²) in [4.78, 5) is 41.4. The first-order valence-electron chi connectivity index (χ1n) is 9.99. The summed E-state index contributed by atoms with van der Waals surface area (Å²) in [6.07, 6.45) is 1.80. The minimum Gasteiger partial charge on any atom is -0.465 e. The van der Waals surface area contributed by atoms with Gasteiger partial charge in [-0.1, -0.05) is 43.7 Å². The average molecular weight is 397 g/mol. The molecule has 1 aliphatic rings. The van der Waals surface area contributed by atoms with Crippen LogP contribution in [0.15, 0.2) is 46.9 Å². The van der Waals surface area contributed by atoms with Crippen molar-refractivity contribution in [2.45, 2.75) is 39.3 Å². The lowest BCUT2D eigenvalue weighted by molar-refractivity contribution is -0.159. The summed E-state index contributed by atoms with van der Waals surface area (Å²) in [6, 6.07) is 11.8. The zero-order valence-corrected chi connectivity index (χ0v) is 16.9. The third-order valence-corrected chi connectivity index (χ3v) is 5.03. The number of rotatable bonds is 8. The van der Waals surface area contributed by atoms with Gasteiger partial charge < -0.3 is 19.5 Å². The van der Waals surface area contributed by atoms with Crippen molar-refractivity contribution in [2.75, 3.05) is 19.6 Å². The van der Waals surface area contributed by atoms with Gasteiger partial charge in [-0.2, -0.15) is 0 Å². The molecule has 1 N–H and O–H groups in total. The number of hydrogen-bond donors (Lipinski definition) is 1. The molecule has 1 aromatic carbocycles. The third kappa shape index (κ3) is 4.85. The standard InChI is InChI=1S/C22H27N3O4/c1-3-4-12-24-13-14-25(22(28)21(24)27)19(17-8-6-5-7-9-17)20(26)23-15-18-11-10-16(2)29-18/h5-11,19H,3-4,12-15H2,1-2H3,(H,23,26)/t19-/m0/s1. The first-order chi connectivity index (χ1) is 14.0. The highest BCUT2D eigenvalue weighted by Crippen LogP contribution is 2.24. The molecule has 2 aromatic rings. The minimum atomic E-state index is -0.864. The summed E-state index contributed by atoms with van der Waals surface area (Å²) in [7, 11) is 0. The van der Waals surface area contributed by atoms with Crippen molar-refractivity contribution in [3.63, 3.8) is 0 Å². The number of carbonyl (C=O) groups excluding carboxylic acids is 3. The maximum Gasteiger partial charge on any atom is 0.313 e. The van der Waals surface area contributed by atoms with E-state index in [0.717, 1.165) is 18.6 Å². The van der Waals surface area contributed by atoms with Crippen molar-refractivity contribution in [1.82, 2.24) is 15.1 Å². The number of nitrogens with one attached hydrogen (secondary N) is 1. The maximum atomic E-state index is 13.1. The van der Waals surface area contributed by atoms with E-state index >= 15 is 0 Å². The largest absolute Gasteiger partial charge is 0.465 e. The first-order valence-corrected chi connectivity index (χ1v) is 9.99. The highest BCUT2D eigenvalue weighted by Gasteiger charge is 2.39. The van der Waals surface area contributed by atoms with Gasteiger partial charge in [-0.3, -0.25) is 14.4 Å². The van der Waals surface area contributed by atoms with Crippen LogP contribution in [0.3, 0.4) is 0 Å². The second-order valence-corrected chi connectivity index (χ2v) is 7.19. The SMILES string of the molecule is CCCCN1CCN([C@H](C(=O)NCc2ccc(C)o2)c2ccccc2)C(=O)C1=O. The van der Waals surface area contributed by atoms with Gasteiger partial charge in [-0.15, -0.1) is 0 Å². The molecule has 154 valence electrons. The number of hydrogen-bond acceptors (Lipinski definition) is 4. The Morgan fingerprint density at radius 3 is 2.52 bits per heavy atom. The quantitative estimate of drug-likeness (QED) is 0.694. The number of furan rings is 1. The molecule has 0 saturated carbocycles. The van der Waals surface area contributed by atoms with Gasteiger partial charge in [0.05, 0.1) is 6.54 Å². The van der Waals surface area contributed by atoms with Crippen LogP contribution in [0, 0.1) is 6.92 Å². The normalized spacial score (nSPS) is 15.5. The Bertz CT molecular complexity index is 862. The predicted molar refractivity (Wildman–Crippen MR) is 108 cm³/mol. The summed E-state index contributed by atoms with van der Waals surface area (Å²) in [5.74, 6) is -0.119. The lowest BCUT2D eigenvalue weighted by Crippen LogP contribution is -2.57. The molecule has 7 nitrogen and oxygen atoms in total. The first kappa shape index (κ1) is 20.6. The average Bonchev–Trinajstić information content (AvgIpc) is 3.15. The van der Waals surface area contributed by atoms with Crippen molar-refractivity contribution in [3.8, 4) is 0 Å². The molecule has 1 aliphatic heterocycles. The molecule has 1 aromatic heterocycles. The van der Waals surface area contributed by atoms with Gasteiger partial charge in [-0.25, -0.2) is 0 Å². The van der Waals surface area contributed by atoms with E-state index in [1.54, 1.807) is 23.1 Å². The molecule has 3 rings (SSSR count). The number of benzene rings is 1. The third-order valence-electron chi connectivity index (χ3n) is 5.03. The van der Waals surface area contributed by atoms with Crippen LogP contribution < -0.4 is 5.32 Å². The Balaban J connectivity index is 1.78. The zero-order valence-electron chi connectivity index (χ0n) is 16.9. The van der Waals surface area contributed by atoms with Crippen LogP contribution in [0.25, 0.3) is 0 Å². The predicted octanol–water partition coefficient (Wildman–Crippen LogP) is 2.42. The van der Waals surface area contributed by atoms with Gasteiger partial charge in [0, 0.05) is 19.6 Å². The van der Waals surface area contributed by atoms with Gasteiger partial charge in [-0.05, 0) is 31.0 Å². The number of carbonyl (C=O) groups is 3. The molecule has 7 heteroatoms. The van der Waals surface area contributed by atoms with Crippen LogP contribution in [-0.2, 0) is 20.9 Å². The van der Waals surface area contributed by atoms with Crippen molar-refractivity contribution in [1.29, 1.82) is 0 Å². The van der Waals surface area contributed by atoms with Gasteiger partial charge in [0.25, 0.3) is 0 Å². The second-order valence-electron chi connectivity index (χ2n) is 7.19. The fourth-order valence-corrected chi connectivity index (χ4v) is 3.46. The molecule has 2 heterocycles. The van der Waals surface area contributed by atoms with Crippen LogP contribution in [0.4, 0.5) is 0 Å². The molecular formula is C22H27N3O4. The lowest BCUT2D eigenvalue weighted by Gasteiger charge is -2.38. The van der Waals surface area contributed by atoms with Crippen molar-refractivity contribution >= 4 is 17.7 Å². The minimum absolute atomic E-state index is 0.217. The van der Waals surface area contributed by atoms with Crippen molar-refractivity contribution in [2.24, 2.45) is 0 Å². The molecule has 1 atom stereocenters. The van der Waals surface area contributed by atoms with Gasteiger partial charge >= 0.3 is 11.8 Å². The number of aryl methyl sites for hydroxylation is 1. The van der Waals surface area contributed by atoms with E-state index in [1.165, 1.54) is 4.90 Å². The molecule has 0 spiro atoms. The Kier molecular flexibility index (Phi) is 6.69. The Labute approximate surface area is 170 Å². The molecule has 1 saturated heterocycles. The maximum absolute atomic E-state index is 13.1. The highest BCUT2D eigenvalue weighted by molar-refractivity contribution is 6.35. The number of amides is 3. The number of piperazine rings is 1. The van der Waals surface area contributed by atoms with Crippen LogP contribution in [0.2, 0.25) is 0 Å². The summed E-state index contributed by atoms with van der Waals surface area (Å²) >= 11 is 0. The van der Waals surface area contributed by atoms with Crippen LogP contribution in [-0.4, -0.2) is 47.2 Å². The summed E-state index contributed by atoms with van der Waals surface area (Å²) in [5.41, 5.74) is 0.670. The van der Waals surface area contributed by atoms with Gasteiger partial charge in [0.1, 0.15) is 17.6 Å². The molecule has 3 amide bonds. The van der Waals surface area contributed by atoms with E-state index in [9.17, 15) is 14.4 Å². The van der Waals surface area contributed by atoms with E-state index < -0.39 is 17.9 Å². The van der Waals surface area contributed by atoms with Crippen molar-refractivity contribution < 1.29 is 18.8 Å². The summed E-state index contributed by atoms with van der Waals surface area (Å²) < 4.78 is 5.50. The monoisotopic (exact) mass is 397 g/mol. The van der Waals surface area contributed by atoms with Crippen molar-refractivity contribution in [3.05, 3.63) is 59.5 Å². The van der Waals surface area contributed by atoms with E-state index in [4.69, 9.17) is 4.42 Å². The smallest absolute Gasteiger partial charge is 0.313 e. The molecule has 0 radical (unpaired) electrons. The fraction of sp³-hybridized carbons (Fsp3) is 0.409. The zero-order chi connectivity index (χ0) is 20.8. The van der Waals surface area contributed by atoms with E-state index in [-0.39, 0.29) is 12.5 Å². The molecule has 1 fully saturated rings. The van der Waals surface area contributed by atoms with Crippen LogP contribution in [0.1, 0.15) is 42.9 Å².